The lowest BCUT2D eigenvalue weighted by atomic mass is 10.2. The maximum Gasteiger partial charge on any atom is 0.342 e. The van der Waals surface area contributed by atoms with E-state index in [0.717, 1.165) is 18.4 Å². The van der Waals surface area contributed by atoms with Gasteiger partial charge in [-0.25, -0.2) is 9.78 Å². The number of carboxylic acid groups (broad SMARTS) is 1. The van der Waals surface area contributed by atoms with Crippen molar-refractivity contribution >= 4 is 29.2 Å². The van der Waals surface area contributed by atoms with Crippen LogP contribution in [0.25, 0.3) is 0 Å². The highest BCUT2D eigenvalue weighted by Crippen LogP contribution is 2.24. The van der Waals surface area contributed by atoms with Gasteiger partial charge in [-0.3, -0.25) is 10.1 Å². The summed E-state index contributed by atoms with van der Waals surface area (Å²) in [5.41, 5.74) is -0.835. The second kappa shape index (κ2) is 7.09. The molecule has 0 aliphatic heterocycles. The largest absolute Gasteiger partial charge is 0.477 e. The molecule has 0 aliphatic rings. The first kappa shape index (κ1) is 16.2. The molecule has 1 aromatic rings. The molecule has 1 rings (SSSR count). The quantitative estimate of drug-likeness (QED) is 0.609. The zero-order chi connectivity index (χ0) is 15.3. The molecule has 0 amide bonds. The van der Waals surface area contributed by atoms with Crippen molar-refractivity contribution in [1.82, 2.24) is 4.98 Å². The van der Waals surface area contributed by atoms with Crippen LogP contribution >= 0.6 is 11.8 Å². The fraction of sp³-hybridized carbons (Fsp3) is 0.500. The Balaban J connectivity index is 3.17. The van der Waals surface area contributed by atoms with Crippen LogP contribution < -0.4 is 4.90 Å². The summed E-state index contributed by atoms with van der Waals surface area (Å²) in [6.45, 7) is 2.03. The summed E-state index contributed by atoms with van der Waals surface area (Å²) in [5.74, 6) is -0.0331. The predicted molar refractivity (Wildman–Crippen MR) is 78.7 cm³/mol. The molecule has 0 radical (unpaired) electrons. The average molecular weight is 299 g/mol. The summed E-state index contributed by atoms with van der Waals surface area (Å²) >= 11 is 1.68. The molecule has 1 heterocycles. The number of rotatable bonds is 7. The van der Waals surface area contributed by atoms with E-state index in [-0.39, 0.29) is 11.6 Å². The van der Waals surface area contributed by atoms with Gasteiger partial charge in [0, 0.05) is 24.9 Å². The summed E-state index contributed by atoms with van der Waals surface area (Å²) in [4.78, 5) is 27.0. The van der Waals surface area contributed by atoms with Crippen LogP contribution in [-0.2, 0) is 0 Å². The zero-order valence-electron chi connectivity index (χ0n) is 11.6. The second-order valence-electron chi connectivity index (χ2n) is 4.25. The summed E-state index contributed by atoms with van der Waals surface area (Å²) in [7, 11) is 1.81. The molecule has 0 aliphatic carbocycles. The predicted octanol–water partition coefficient (Wildman–Crippen LogP) is 2.27. The molecule has 1 N–H and O–H groups in total. The van der Waals surface area contributed by atoms with Crippen molar-refractivity contribution < 1.29 is 14.8 Å². The Bertz CT molecular complexity index is 509. The van der Waals surface area contributed by atoms with Crippen molar-refractivity contribution in [2.75, 3.05) is 24.0 Å². The standard InChI is InChI=1S/C12H17N3O4S/c1-4-8(7-20-3)14(2)11-5-9(12(16)17)10(6-13-11)15(18)19/h5-6,8H,4,7H2,1-3H3,(H,16,17). The third-order valence-electron chi connectivity index (χ3n) is 3.03. The first-order valence-corrected chi connectivity index (χ1v) is 7.41. The Kier molecular flexibility index (Phi) is 5.75. The number of aromatic carboxylic acids is 1. The van der Waals surface area contributed by atoms with Crippen LogP contribution in [0, 0.1) is 10.1 Å². The molecule has 0 aromatic carbocycles. The van der Waals surface area contributed by atoms with Crippen LogP contribution in [0.15, 0.2) is 12.3 Å². The van der Waals surface area contributed by atoms with E-state index in [4.69, 9.17) is 5.11 Å². The van der Waals surface area contributed by atoms with Crippen molar-refractivity contribution in [2.45, 2.75) is 19.4 Å². The van der Waals surface area contributed by atoms with Gasteiger partial charge in [-0.1, -0.05) is 6.92 Å². The monoisotopic (exact) mass is 299 g/mol. The minimum Gasteiger partial charge on any atom is -0.477 e. The van der Waals surface area contributed by atoms with Crippen LogP contribution in [0.4, 0.5) is 11.5 Å². The van der Waals surface area contributed by atoms with E-state index in [2.05, 4.69) is 4.98 Å². The van der Waals surface area contributed by atoms with E-state index in [0.29, 0.717) is 5.82 Å². The second-order valence-corrected chi connectivity index (χ2v) is 5.16. The number of nitrogens with zero attached hydrogens (tertiary/aromatic N) is 3. The van der Waals surface area contributed by atoms with Crippen molar-refractivity contribution in [3.63, 3.8) is 0 Å². The highest BCUT2D eigenvalue weighted by Gasteiger charge is 2.23. The number of pyridine rings is 1. The van der Waals surface area contributed by atoms with Gasteiger partial charge in [-0.05, 0) is 12.7 Å². The van der Waals surface area contributed by atoms with Crippen molar-refractivity contribution in [3.05, 3.63) is 27.9 Å². The van der Waals surface area contributed by atoms with Crippen molar-refractivity contribution in [1.29, 1.82) is 0 Å². The lowest BCUT2D eigenvalue weighted by molar-refractivity contribution is -0.385. The number of thioether (sulfide) groups is 1. The van der Waals surface area contributed by atoms with E-state index in [9.17, 15) is 14.9 Å². The molecule has 20 heavy (non-hydrogen) atoms. The van der Waals surface area contributed by atoms with Crippen LogP contribution in [-0.4, -0.2) is 46.1 Å². The smallest absolute Gasteiger partial charge is 0.342 e. The van der Waals surface area contributed by atoms with E-state index in [1.165, 1.54) is 6.07 Å². The molecule has 0 spiro atoms. The van der Waals surface area contributed by atoms with Crippen LogP contribution in [0.1, 0.15) is 23.7 Å². The van der Waals surface area contributed by atoms with Crippen molar-refractivity contribution in [2.24, 2.45) is 0 Å². The third-order valence-corrected chi connectivity index (χ3v) is 3.75. The molecule has 1 atom stereocenters. The van der Waals surface area contributed by atoms with Gasteiger partial charge in [0.25, 0.3) is 0 Å². The fourth-order valence-electron chi connectivity index (χ4n) is 1.83. The molecule has 0 bridgehead atoms. The van der Waals surface area contributed by atoms with Gasteiger partial charge in [-0.2, -0.15) is 11.8 Å². The molecule has 0 saturated carbocycles. The third kappa shape index (κ3) is 3.60. The van der Waals surface area contributed by atoms with E-state index < -0.39 is 16.6 Å². The highest BCUT2D eigenvalue weighted by molar-refractivity contribution is 7.98. The normalized spacial score (nSPS) is 11.9. The molecular weight excluding hydrogens is 282 g/mol. The van der Waals surface area contributed by atoms with Gasteiger partial charge < -0.3 is 10.0 Å². The number of carboxylic acids is 1. The van der Waals surface area contributed by atoms with E-state index in [1.807, 2.05) is 25.1 Å². The Hall–Kier alpha value is -1.83. The number of hydrogen-bond donors (Lipinski definition) is 1. The van der Waals surface area contributed by atoms with Gasteiger partial charge in [0.1, 0.15) is 17.6 Å². The first-order valence-electron chi connectivity index (χ1n) is 6.01. The van der Waals surface area contributed by atoms with Crippen LogP contribution in [0.5, 0.6) is 0 Å². The molecule has 0 fully saturated rings. The zero-order valence-corrected chi connectivity index (χ0v) is 12.4. The van der Waals surface area contributed by atoms with E-state index >= 15 is 0 Å². The molecule has 8 heteroatoms. The van der Waals surface area contributed by atoms with Crippen LogP contribution in [0.2, 0.25) is 0 Å². The molecular formula is C12H17N3O4S. The van der Waals surface area contributed by atoms with Gasteiger partial charge >= 0.3 is 11.7 Å². The average Bonchev–Trinajstić information content (AvgIpc) is 2.43. The topological polar surface area (TPSA) is 96.6 Å². The number of carbonyl (C=O) groups is 1. The minimum atomic E-state index is -1.33. The fourth-order valence-corrected chi connectivity index (χ4v) is 2.67. The van der Waals surface area contributed by atoms with Gasteiger partial charge in [0.05, 0.1) is 4.92 Å². The number of aromatic nitrogens is 1. The molecule has 1 unspecified atom stereocenters. The summed E-state index contributed by atoms with van der Waals surface area (Å²) < 4.78 is 0. The number of anilines is 1. The summed E-state index contributed by atoms with van der Waals surface area (Å²) in [6.07, 6.45) is 3.86. The lowest BCUT2D eigenvalue weighted by Crippen LogP contribution is -2.33. The number of hydrogen-bond acceptors (Lipinski definition) is 6. The maximum absolute atomic E-state index is 11.1. The van der Waals surface area contributed by atoms with Gasteiger partial charge in [0.2, 0.25) is 0 Å². The van der Waals surface area contributed by atoms with Gasteiger partial charge in [-0.15, -0.1) is 0 Å². The maximum atomic E-state index is 11.1. The Labute approximate surface area is 121 Å². The molecule has 0 saturated heterocycles. The Morgan fingerprint density at radius 3 is 2.75 bits per heavy atom. The Morgan fingerprint density at radius 1 is 1.65 bits per heavy atom. The van der Waals surface area contributed by atoms with E-state index in [1.54, 1.807) is 11.8 Å². The Morgan fingerprint density at radius 2 is 2.30 bits per heavy atom. The summed E-state index contributed by atoms with van der Waals surface area (Å²) in [6, 6.07) is 1.45. The SMILES string of the molecule is CCC(CSC)N(C)c1cc(C(=O)O)c([N+](=O)[O-])cn1. The van der Waals surface area contributed by atoms with Crippen LogP contribution in [0.3, 0.4) is 0 Å². The molecule has 1 aromatic heterocycles. The van der Waals surface area contributed by atoms with Crippen molar-refractivity contribution in [3.8, 4) is 0 Å². The van der Waals surface area contributed by atoms with Gasteiger partial charge in [0.15, 0.2) is 0 Å². The highest BCUT2D eigenvalue weighted by atomic mass is 32.2. The molecule has 7 nitrogen and oxygen atoms in total. The minimum absolute atomic E-state index is 0.195. The first-order chi connectivity index (χ1) is 9.42. The summed E-state index contributed by atoms with van der Waals surface area (Å²) in [5, 5.41) is 19.9. The lowest BCUT2D eigenvalue weighted by Gasteiger charge is -2.27. The molecule has 110 valence electrons. The number of nitro groups is 1.